The molecule has 0 radical (unpaired) electrons. The number of fused-ring (bicyclic) bond motifs is 1. The molecule has 0 saturated carbocycles. The van der Waals surface area contributed by atoms with Gasteiger partial charge in [-0.05, 0) is 20.3 Å². The van der Waals surface area contributed by atoms with Crippen LogP contribution in [0.15, 0.2) is 18.6 Å². The summed E-state index contributed by atoms with van der Waals surface area (Å²) >= 11 is 0. The summed E-state index contributed by atoms with van der Waals surface area (Å²) in [6.07, 6.45) is 6.56. The summed E-state index contributed by atoms with van der Waals surface area (Å²) in [5.74, 6) is 1.47. The van der Waals surface area contributed by atoms with Crippen LogP contribution in [-0.4, -0.2) is 38.2 Å². The third-order valence-electron chi connectivity index (χ3n) is 2.78. The quantitative estimate of drug-likeness (QED) is 0.740. The predicted octanol–water partition coefficient (Wildman–Crippen LogP) is 1.73. The molecular formula is C13H21N5O. The Morgan fingerprint density at radius 2 is 2.21 bits per heavy atom. The molecule has 0 aliphatic rings. The number of aromatic nitrogens is 3. The first-order valence-corrected chi connectivity index (χ1v) is 6.52. The monoisotopic (exact) mass is 263 g/mol. The zero-order chi connectivity index (χ0) is 13.9. The van der Waals surface area contributed by atoms with Crippen LogP contribution in [0.4, 0.5) is 11.6 Å². The average Bonchev–Trinajstić information content (AvgIpc) is 2.84. The van der Waals surface area contributed by atoms with Crippen molar-refractivity contribution in [3.63, 3.8) is 0 Å². The number of rotatable bonds is 6. The number of anilines is 2. The molecule has 0 unspecified atom stereocenters. The highest BCUT2D eigenvalue weighted by molar-refractivity contribution is 5.66. The van der Waals surface area contributed by atoms with E-state index in [0.717, 1.165) is 24.4 Å². The molecule has 2 aromatic heterocycles. The maximum Gasteiger partial charge on any atom is 0.180 e. The van der Waals surface area contributed by atoms with E-state index in [1.165, 1.54) is 0 Å². The van der Waals surface area contributed by atoms with E-state index < -0.39 is 5.54 Å². The third-order valence-corrected chi connectivity index (χ3v) is 2.78. The highest BCUT2D eigenvalue weighted by Crippen LogP contribution is 2.20. The second-order valence-electron chi connectivity index (χ2n) is 5.23. The minimum Gasteiger partial charge on any atom is -0.394 e. The molecule has 0 saturated heterocycles. The van der Waals surface area contributed by atoms with Gasteiger partial charge in [-0.15, -0.1) is 0 Å². The Morgan fingerprint density at radius 3 is 2.89 bits per heavy atom. The Bertz CT molecular complexity index is 549. The van der Waals surface area contributed by atoms with Gasteiger partial charge < -0.3 is 20.1 Å². The van der Waals surface area contributed by atoms with Crippen molar-refractivity contribution in [2.45, 2.75) is 32.7 Å². The Hall–Kier alpha value is -1.82. The van der Waals surface area contributed by atoms with Crippen LogP contribution in [0.3, 0.4) is 0 Å². The van der Waals surface area contributed by atoms with E-state index in [1.54, 1.807) is 6.20 Å². The number of imidazole rings is 1. The van der Waals surface area contributed by atoms with E-state index in [2.05, 4.69) is 27.5 Å². The van der Waals surface area contributed by atoms with E-state index in [9.17, 15) is 5.11 Å². The third kappa shape index (κ3) is 3.14. The smallest absolute Gasteiger partial charge is 0.180 e. The van der Waals surface area contributed by atoms with Crippen LogP contribution in [0.1, 0.15) is 27.2 Å². The lowest BCUT2D eigenvalue weighted by atomic mass is 10.1. The molecule has 2 heterocycles. The SMILES string of the molecule is CCCNc1cn2ccnc2c(NC(C)(C)CO)n1. The maximum atomic E-state index is 9.36. The molecule has 0 bridgehead atoms. The van der Waals surface area contributed by atoms with Gasteiger partial charge in [-0.1, -0.05) is 6.92 Å². The van der Waals surface area contributed by atoms with E-state index >= 15 is 0 Å². The van der Waals surface area contributed by atoms with E-state index in [0.29, 0.717) is 5.82 Å². The van der Waals surface area contributed by atoms with Gasteiger partial charge >= 0.3 is 0 Å². The van der Waals surface area contributed by atoms with Crippen molar-refractivity contribution in [2.75, 3.05) is 23.8 Å². The molecule has 6 nitrogen and oxygen atoms in total. The van der Waals surface area contributed by atoms with Crippen molar-refractivity contribution in [3.05, 3.63) is 18.6 Å². The normalized spacial score (nSPS) is 11.8. The van der Waals surface area contributed by atoms with Crippen LogP contribution in [0.5, 0.6) is 0 Å². The van der Waals surface area contributed by atoms with Crippen LogP contribution in [0.2, 0.25) is 0 Å². The molecule has 0 spiro atoms. The van der Waals surface area contributed by atoms with Gasteiger partial charge in [0.1, 0.15) is 5.82 Å². The van der Waals surface area contributed by atoms with Crippen molar-refractivity contribution >= 4 is 17.3 Å². The van der Waals surface area contributed by atoms with E-state index in [-0.39, 0.29) is 6.61 Å². The fraction of sp³-hybridized carbons (Fsp3) is 0.538. The van der Waals surface area contributed by atoms with Crippen molar-refractivity contribution in [2.24, 2.45) is 0 Å². The Morgan fingerprint density at radius 1 is 1.42 bits per heavy atom. The van der Waals surface area contributed by atoms with Gasteiger partial charge in [0.25, 0.3) is 0 Å². The summed E-state index contributed by atoms with van der Waals surface area (Å²) in [5, 5.41) is 15.8. The summed E-state index contributed by atoms with van der Waals surface area (Å²) in [4.78, 5) is 8.81. The van der Waals surface area contributed by atoms with E-state index in [4.69, 9.17) is 0 Å². The number of aliphatic hydroxyl groups is 1. The Kier molecular flexibility index (Phi) is 3.90. The summed E-state index contributed by atoms with van der Waals surface area (Å²) in [7, 11) is 0. The second kappa shape index (κ2) is 5.44. The van der Waals surface area contributed by atoms with Crippen molar-refractivity contribution in [3.8, 4) is 0 Å². The lowest BCUT2D eigenvalue weighted by Gasteiger charge is -2.24. The minimum atomic E-state index is -0.442. The van der Waals surface area contributed by atoms with Crippen molar-refractivity contribution in [1.29, 1.82) is 0 Å². The van der Waals surface area contributed by atoms with Crippen LogP contribution in [0.25, 0.3) is 5.65 Å². The molecule has 2 rings (SSSR count). The Labute approximate surface area is 112 Å². The molecule has 0 aromatic carbocycles. The number of hydrogen-bond donors (Lipinski definition) is 3. The molecule has 2 aromatic rings. The van der Waals surface area contributed by atoms with Gasteiger partial charge in [0.15, 0.2) is 11.5 Å². The lowest BCUT2D eigenvalue weighted by molar-refractivity contribution is 0.234. The van der Waals surface area contributed by atoms with Crippen LogP contribution >= 0.6 is 0 Å². The molecule has 0 fully saturated rings. The first-order valence-electron chi connectivity index (χ1n) is 6.52. The van der Waals surface area contributed by atoms with Gasteiger partial charge in [-0.2, -0.15) is 0 Å². The molecule has 0 amide bonds. The van der Waals surface area contributed by atoms with Crippen molar-refractivity contribution < 1.29 is 5.11 Å². The molecule has 3 N–H and O–H groups in total. The van der Waals surface area contributed by atoms with Gasteiger partial charge in [-0.3, -0.25) is 0 Å². The summed E-state index contributed by atoms with van der Waals surface area (Å²) in [6, 6.07) is 0. The maximum absolute atomic E-state index is 9.36. The van der Waals surface area contributed by atoms with Gasteiger partial charge in [-0.25, -0.2) is 9.97 Å². The topological polar surface area (TPSA) is 74.5 Å². The fourth-order valence-electron chi connectivity index (χ4n) is 1.71. The summed E-state index contributed by atoms with van der Waals surface area (Å²) < 4.78 is 1.92. The fourth-order valence-corrected chi connectivity index (χ4v) is 1.71. The minimum absolute atomic E-state index is 0.0220. The molecular weight excluding hydrogens is 242 g/mol. The molecule has 0 aliphatic heterocycles. The van der Waals surface area contributed by atoms with Gasteiger partial charge in [0, 0.05) is 18.9 Å². The van der Waals surface area contributed by atoms with Crippen LogP contribution in [0, 0.1) is 0 Å². The molecule has 19 heavy (non-hydrogen) atoms. The zero-order valence-electron chi connectivity index (χ0n) is 11.6. The van der Waals surface area contributed by atoms with Crippen LogP contribution < -0.4 is 10.6 Å². The highest BCUT2D eigenvalue weighted by atomic mass is 16.3. The standard InChI is InChI=1S/C13H21N5O/c1-4-5-14-10-8-18-7-6-15-12(18)11(16-10)17-13(2,3)9-19/h6-8,14,19H,4-5,9H2,1-3H3,(H,16,17). The average molecular weight is 263 g/mol. The zero-order valence-corrected chi connectivity index (χ0v) is 11.6. The molecule has 0 atom stereocenters. The molecule has 0 aliphatic carbocycles. The molecule has 104 valence electrons. The first-order chi connectivity index (χ1) is 9.05. The second-order valence-corrected chi connectivity index (χ2v) is 5.23. The molecule has 6 heteroatoms. The summed E-state index contributed by atoms with van der Waals surface area (Å²) in [5.41, 5.74) is 0.312. The van der Waals surface area contributed by atoms with Gasteiger partial charge in [0.05, 0.1) is 18.3 Å². The number of aliphatic hydroxyl groups excluding tert-OH is 1. The van der Waals surface area contributed by atoms with Gasteiger partial charge in [0.2, 0.25) is 0 Å². The van der Waals surface area contributed by atoms with E-state index in [1.807, 2.05) is 30.6 Å². The van der Waals surface area contributed by atoms with Crippen molar-refractivity contribution in [1.82, 2.24) is 14.4 Å². The predicted molar refractivity (Wildman–Crippen MR) is 76.6 cm³/mol. The summed E-state index contributed by atoms with van der Waals surface area (Å²) in [6.45, 7) is 6.83. The number of nitrogens with one attached hydrogen (secondary N) is 2. The number of nitrogens with zero attached hydrogens (tertiary/aromatic N) is 3. The first kappa shape index (κ1) is 13.6. The highest BCUT2D eigenvalue weighted by Gasteiger charge is 2.19. The largest absolute Gasteiger partial charge is 0.394 e. The number of hydrogen-bond acceptors (Lipinski definition) is 5. The Balaban J connectivity index is 2.36. The van der Waals surface area contributed by atoms with Crippen LogP contribution in [-0.2, 0) is 0 Å². The lowest BCUT2D eigenvalue weighted by Crippen LogP contribution is -2.35.